The predicted molar refractivity (Wildman–Crippen MR) is 95.2 cm³/mol. The third-order valence-electron chi connectivity index (χ3n) is 4.02. The van der Waals surface area contributed by atoms with Crippen LogP contribution in [0.25, 0.3) is 0 Å². The number of amides is 3. The normalized spacial score (nSPS) is 20.1. The molecular weight excluding hydrogens is 354 g/mol. The van der Waals surface area contributed by atoms with Crippen LogP contribution in [0, 0.1) is 5.92 Å². The number of thioether (sulfide) groups is 1. The molecule has 3 heterocycles. The third kappa shape index (κ3) is 4.10. The van der Waals surface area contributed by atoms with Gasteiger partial charge in [-0.25, -0.2) is 4.79 Å². The van der Waals surface area contributed by atoms with Crippen molar-refractivity contribution >= 4 is 23.7 Å². The van der Waals surface area contributed by atoms with Gasteiger partial charge in [0.15, 0.2) is 0 Å². The van der Waals surface area contributed by atoms with Crippen LogP contribution in [0.4, 0.5) is 4.79 Å². The van der Waals surface area contributed by atoms with Crippen LogP contribution in [0.15, 0.2) is 46.8 Å². The summed E-state index contributed by atoms with van der Waals surface area (Å²) < 4.78 is 5.64. The van der Waals surface area contributed by atoms with Gasteiger partial charge in [0.25, 0.3) is 5.22 Å². The van der Waals surface area contributed by atoms with Crippen molar-refractivity contribution in [2.75, 3.05) is 6.54 Å². The van der Waals surface area contributed by atoms with Gasteiger partial charge in [0, 0.05) is 37.2 Å². The zero-order chi connectivity index (χ0) is 18.5. The Kier molecular flexibility index (Phi) is 5.67. The number of hydrogen-bond acceptors (Lipinski definition) is 7. The molecule has 9 heteroatoms. The first kappa shape index (κ1) is 18.1. The summed E-state index contributed by atoms with van der Waals surface area (Å²) in [6, 6.07) is 3.12. The molecule has 0 radical (unpaired) electrons. The molecule has 0 saturated carbocycles. The van der Waals surface area contributed by atoms with Gasteiger partial charge in [0.2, 0.25) is 11.8 Å². The summed E-state index contributed by atoms with van der Waals surface area (Å²) in [6.07, 6.45) is 5.29. The topological polar surface area (TPSA) is 101 Å². The second-order valence-corrected chi connectivity index (χ2v) is 6.82. The van der Waals surface area contributed by atoms with Gasteiger partial charge in [-0.15, -0.1) is 16.8 Å². The lowest BCUT2D eigenvalue weighted by atomic mass is 9.93. The van der Waals surface area contributed by atoms with Gasteiger partial charge < -0.3 is 9.73 Å². The molecule has 3 rings (SSSR count). The van der Waals surface area contributed by atoms with Crippen LogP contribution in [0.3, 0.4) is 0 Å². The maximum atomic E-state index is 12.6. The highest BCUT2D eigenvalue weighted by Gasteiger charge is 2.39. The average molecular weight is 373 g/mol. The highest BCUT2D eigenvalue weighted by molar-refractivity contribution is 7.98. The zero-order valence-electron chi connectivity index (χ0n) is 14.3. The molecule has 1 N–H and O–H groups in total. The van der Waals surface area contributed by atoms with E-state index in [4.69, 9.17) is 4.42 Å². The number of urea groups is 1. The molecule has 2 atom stereocenters. The Morgan fingerprint density at radius 2 is 2.27 bits per heavy atom. The van der Waals surface area contributed by atoms with Crippen LogP contribution in [-0.2, 0) is 17.0 Å². The third-order valence-corrected chi connectivity index (χ3v) is 4.91. The van der Waals surface area contributed by atoms with Gasteiger partial charge in [0.1, 0.15) is 0 Å². The Labute approximate surface area is 155 Å². The van der Waals surface area contributed by atoms with E-state index in [2.05, 4.69) is 27.1 Å². The molecule has 0 aliphatic carbocycles. The van der Waals surface area contributed by atoms with Gasteiger partial charge in [-0.3, -0.25) is 14.7 Å². The Morgan fingerprint density at radius 3 is 3.00 bits per heavy atom. The van der Waals surface area contributed by atoms with E-state index in [0.717, 1.165) is 10.5 Å². The number of imide groups is 1. The summed E-state index contributed by atoms with van der Waals surface area (Å²) in [7, 11) is 0. The second kappa shape index (κ2) is 8.13. The largest absolute Gasteiger partial charge is 0.416 e. The molecule has 1 aliphatic rings. The van der Waals surface area contributed by atoms with Gasteiger partial charge >= 0.3 is 6.03 Å². The number of rotatable bonds is 7. The molecular formula is C17H19N5O3S. The fourth-order valence-corrected chi connectivity index (χ4v) is 3.36. The van der Waals surface area contributed by atoms with Crippen LogP contribution in [0.1, 0.15) is 18.4 Å². The minimum Gasteiger partial charge on any atom is -0.416 e. The molecule has 136 valence electrons. The maximum absolute atomic E-state index is 12.6. The van der Waals surface area contributed by atoms with E-state index in [9.17, 15) is 9.59 Å². The van der Waals surface area contributed by atoms with Crippen LogP contribution in [0.5, 0.6) is 0 Å². The predicted octanol–water partition coefficient (Wildman–Crippen LogP) is 2.04. The summed E-state index contributed by atoms with van der Waals surface area (Å²) in [5.74, 6) is 0.323. The number of aromatic nitrogens is 3. The molecule has 0 spiro atoms. The number of carbonyl (C=O) groups excluding carboxylic acids is 2. The van der Waals surface area contributed by atoms with Crippen LogP contribution < -0.4 is 5.32 Å². The van der Waals surface area contributed by atoms with E-state index in [1.165, 1.54) is 17.8 Å². The Morgan fingerprint density at radius 1 is 1.42 bits per heavy atom. The molecule has 26 heavy (non-hydrogen) atoms. The number of nitrogens with zero attached hydrogens (tertiary/aromatic N) is 4. The van der Waals surface area contributed by atoms with Crippen molar-refractivity contribution in [1.82, 2.24) is 25.4 Å². The quantitative estimate of drug-likeness (QED) is 0.585. The SMILES string of the molecule is C=CCN1C(=O)NC(C)C(Cc2nnc(SCc3cccnc3)o2)C1=O. The second-order valence-electron chi connectivity index (χ2n) is 5.90. The molecule has 1 aliphatic heterocycles. The van der Waals surface area contributed by atoms with Crippen LogP contribution in [-0.4, -0.2) is 44.6 Å². The Balaban J connectivity index is 1.63. The summed E-state index contributed by atoms with van der Waals surface area (Å²) in [5.41, 5.74) is 1.05. The van der Waals surface area contributed by atoms with Crippen molar-refractivity contribution in [2.45, 2.75) is 30.4 Å². The van der Waals surface area contributed by atoms with Gasteiger partial charge in [-0.2, -0.15) is 0 Å². The maximum Gasteiger partial charge on any atom is 0.324 e. The lowest BCUT2D eigenvalue weighted by Gasteiger charge is -2.34. The van der Waals surface area contributed by atoms with Crippen molar-refractivity contribution in [3.8, 4) is 0 Å². The first-order chi connectivity index (χ1) is 12.6. The molecule has 2 aromatic heterocycles. The minimum absolute atomic E-state index is 0.171. The monoisotopic (exact) mass is 373 g/mol. The highest BCUT2D eigenvalue weighted by atomic mass is 32.2. The Bertz CT molecular complexity index is 795. The Hall–Kier alpha value is -2.68. The van der Waals surface area contributed by atoms with E-state index in [0.29, 0.717) is 16.9 Å². The van der Waals surface area contributed by atoms with Crippen molar-refractivity contribution in [2.24, 2.45) is 5.92 Å². The number of carbonyl (C=O) groups is 2. The van der Waals surface area contributed by atoms with Crippen molar-refractivity contribution < 1.29 is 14.0 Å². The molecule has 0 bridgehead atoms. The average Bonchev–Trinajstić information content (AvgIpc) is 3.09. The summed E-state index contributed by atoms with van der Waals surface area (Å²) in [5, 5.41) is 11.3. The number of nitrogens with one attached hydrogen (secondary N) is 1. The summed E-state index contributed by atoms with van der Waals surface area (Å²) >= 11 is 1.41. The molecule has 2 unspecified atom stereocenters. The first-order valence-electron chi connectivity index (χ1n) is 8.15. The lowest BCUT2D eigenvalue weighted by molar-refractivity contribution is -0.134. The minimum atomic E-state index is -0.454. The molecule has 1 saturated heterocycles. The molecule has 8 nitrogen and oxygen atoms in total. The van der Waals surface area contributed by atoms with E-state index < -0.39 is 11.9 Å². The summed E-state index contributed by atoms with van der Waals surface area (Å²) in [4.78, 5) is 29.7. The fraction of sp³-hybridized carbons (Fsp3) is 0.353. The molecule has 1 fully saturated rings. The smallest absolute Gasteiger partial charge is 0.324 e. The van der Waals surface area contributed by atoms with Crippen molar-refractivity contribution in [1.29, 1.82) is 0 Å². The van der Waals surface area contributed by atoms with Crippen molar-refractivity contribution in [3.63, 3.8) is 0 Å². The van der Waals surface area contributed by atoms with Gasteiger partial charge in [0.05, 0.1) is 5.92 Å². The molecule has 0 aromatic carbocycles. The summed E-state index contributed by atoms with van der Waals surface area (Å²) in [6.45, 7) is 5.54. The molecule has 3 amide bonds. The van der Waals surface area contributed by atoms with Crippen LogP contribution in [0.2, 0.25) is 0 Å². The van der Waals surface area contributed by atoms with Crippen molar-refractivity contribution in [3.05, 3.63) is 48.6 Å². The lowest BCUT2D eigenvalue weighted by Crippen LogP contribution is -2.59. The first-order valence-corrected chi connectivity index (χ1v) is 9.14. The van der Waals surface area contributed by atoms with Gasteiger partial charge in [-0.05, 0) is 18.6 Å². The number of hydrogen-bond donors (Lipinski definition) is 1. The van der Waals surface area contributed by atoms with E-state index in [-0.39, 0.29) is 24.9 Å². The molecule has 2 aromatic rings. The van der Waals surface area contributed by atoms with Crippen LogP contribution >= 0.6 is 11.8 Å². The van der Waals surface area contributed by atoms with E-state index in [1.54, 1.807) is 19.3 Å². The van der Waals surface area contributed by atoms with Gasteiger partial charge in [-0.1, -0.05) is 23.9 Å². The highest BCUT2D eigenvalue weighted by Crippen LogP contribution is 2.24. The fourth-order valence-electron chi connectivity index (χ4n) is 2.65. The standard InChI is InChI=1S/C17H19N5O3S/c1-3-7-22-15(23)13(11(2)19-16(22)24)8-14-20-21-17(25-14)26-10-12-5-4-6-18-9-12/h3-6,9,11,13H,1,7-8,10H2,2H3,(H,19,24). The number of pyridine rings is 1. The zero-order valence-corrected chi connectivity index (χ0v) is 15.1. The van der Waals surface area contributed by atoms with E-state index in [1.807, 2.05) is 12.1 Å². The van der Waals surface area contributed by atoms with E-state index >= 15 is 0 Å².